The largest absolute Gasteiger partial charge is 0.468 e. The molecule has 2 heterocycles. The van der Waals surface area contributed by atoms with Crippen LogP contribution in [0.15, 0.2) is 70.0 Å². The topological polar surface area (TPSA) is 82.7 Å². The summed E-state index contributed by atoms with van der Waals surface area (Å²) in [5.41, 5.74) is 0.475. The number of ether oxygens (including phenoxy) is 2. The zero-order chi connectivity index (χ0) is 18.4. The van der Waals surface area contributed by atoms with Crippen molar-refractivity contribution >= 4 is 11.6 Å². The van der Waals surface area contributed by atoms with Crippen LogP contribution in [0.5, 0.6) is 5.75 Å². The first-order valence-corrected chi connectivity index (χ1v) is 7.93. The maximum absolute atomic E-state index is 12.3. The summed E-state index contributed by atoms with van der Waals surface area (Å²) >= 11 is 0. The molecule has 134 valence electrons. The SMILES string of the molecule is COCOc1ccc(NC(=O)c2ccc(Cn3ccccc3=O)o2)cc1. The van der Waals surface area contributed by atoms with Crippen molar-refractivity contribution < 1.29 is 18.7 Å². The summed E-state index contributed by atoms with van der Waals surface area (Å²) in [5.74, 6) is 0.955. The second kappa shape index (κ2) is 8.17. The molecule has 0 bridgehead atoms. The van der Waals surface area contributed by atoms with E-state index >= 15 is 0 Å². The molecule has 1 N–H and O–H groups in total. The standard InChI is InChI=1S/C19H18N2O5/c1-24-13-25-15-7-5-14(6-8-15)20-19(23)17-10-9-16(26-17)12-21-11-3-2-4-18(21)22/h2-11H,12-13H2,1H3,(H,20,23). The van der Waals surface area contributed by atoms with E-state index in [1.165, 1.54) is 10.6 Å². The minimum Gasteiger partial charge on any atom is -0.468 e. The van der Waals surface area contributed by atoms with Crippen LogP contribution in [0.2, 0.25) is 0 Å². The monoisotopic (exact) mass is 354 g/mol. The molecule has 3 rings (SSSR count). The van der Waals surface area contributed by atoms with Crippen molar-refractivity contribution in [2.45, 2.75) is 6.54 Å². The maximum Gasteiger partial charge on any atom is 0.291 e. The molecule has 0 aliphatic carbocycles. The number of amides is 1. The smallest absolute Gasteiger partial charge is 0.291 e. The lowest BCUT2D eigenvalue weighted by Gasteiger charge is -2.06. The van der Waals surface area contributed by atoms with Gasteiger partial charge >= 0.3 is 0 Å². The number of aromatic nitrogens is 1. The summed E-state index contributed by atoms with van der Waals surface area (Å²) in [7, 11) is 1.54. The Bertz CT molecular complexity index is 927. The lowest BCUT2D eigenvalue weighted by Crippen LogP contribution is -2.18. The lowest BCUT2D eigenvalue weighted by atomic mass is 10.3. The minimum atomic E-state index is -0.373. The zero-order valence-electron chi connectivity index (χ0n) is 14.2. The third-order valence-corrected chi connectivity index (χ3v) is 3.57. The van der Waals surface area contributed by atoms with Crippen LogP contribution in [0, 0.1) is 0 Å². The third kappa shape index (κ3) is 4.40. The second-order valence-electron chi connectivity index (χ2n) is 5.46. The molecule has 1 amide bonds. The Balaban J connectivity index is 1.63. The number of carbonyl (C=O) groups is 1. The number of nitrogens with zero attached hydrogens (tertiary/aromatic N) is 1. The van der Waals surface area contributed by atoms with Gasteiger partial charge in [0.15, 0.2) is 12.6 Å². The van der Waals surface area contributed by atoms with Gasteiger partial charge in [0.05, 0.1) is 6.54 Å². The molecule has 26 heavy (non-hydrogen) atoms. The van der Waals surface area contributed by atoms with E-state index in [1.54, 1.807) is 61.8 Å². The van der Waals surface area contributed by atoms with E-state index in [2.05, 4.69) is 5.32 Å². The Labute approximate surface area is 149 Å². The first kappa shape index (κ1) is 17.5. The number of furan rings is 1. The van der Waals surface area contributed by atoms with Gasteiger partial charge in [-0.05, 0) is 42.5 Å². The normalized spacial score (nSPS) is 10.5. The van der Waals surface area contributed by atoms with Crippen LogP contribution in [-0.4, -0.2) is 24.4 Å². The second-order valence-corrected chi connectivity index (χ2v) is 5.46. The summed E-state index contributed by atoms with van der Waals surface area (Å²) in [6.45, 7) is 0.421. The predicted octanol–water partition coefficient (Wildman–Crippen LogP) is 2.72. The Kier molecular flexibility index (Phi) is 5.50. The molecule has 3 aromatic rings. The van der Waals surface area contributed by atoms with Crippen molar-refractivity contribution in [3.8, 4) is 5.75 Å². The van der Waals surface area contributed by atoms with Gasteiger partial charge in [0, 0.05) is 25.1 Å². The van der Waals surface area contributed by atoms with E-state index in [-0.39, 0.29) is 30.6 Å². The fourth-order valence-corrected chi connectivity index (χ4v) is 2.30. The Hall–Kier alpha value is -3.32. The van der Waals surface area contributed by atoms with E-state index in [0.29, 0.717) is 17.2 Å². The quantitative estimate of drug-likeness (QED) is 0.660. The van der Waals surface area contributed by atoms with Crippen LogP contribution < -0.4 is 15.6 Å². The number of pyridine rings is 1. The number of rotatable bonds is 7. The van der Waals surface area contributed by atoms with E-state index in [0.717, 1.165) is 0 Å². The number of anilines is 1. The van der Waals surface area contributed by atoms with Gasteiger partial charge in [-0.2, -0.15) is 0 Å². The zero-order valence-corrected chi connectivity index (χ0v) is 14.2. The van der Waals surface area contributed by atoms with E-state index in [4.69, 9.17) is 13.9 Å². The Morgan fingerprint density at radius 1 is 1.12 bits per heavy atom. The van der Waals surface area contributed by atoms with Crippen LogP contribution in [-0.2, 0) is 11.3 Å². The average Bonchev–Trinajstić information content (AvgIpc) is 3.12. The van der Waals surface area contributed by atoms with Gasteiger partial charge in [-0.15, -0.1) is 0 Å². The van der Waals surface area contributed by atoms with Crippen molar-refractivity contribution in [3.05, 3.63) is 82.7 Å². The van der Waals surface area contributed by atoms with Gasteiger partial charge in [0.25, 0.3) is 11.5 Å². The molecule has 0 radical (unpaired) electrons. The molecule has 0 saturated carbocycles. The van der Waals surface area contributed by atoms with Crippen molar-refractivity contribution in [3.63, 3.8) is 0 Å². The molecule has 0 atom stereocenters. The van der Waals surface area contributed by atoms with E-state index < -0.39 is 0 Å². The highest BCUT2D eigenvalue weighted by molar-refractivity contribution is 6.02. The fraction of sp³-hybridized carbons (Fsp3) is 0.158. The van der Waals surface area contributed by atoms with Gasteiger partial charge in [-0.25, -0.2) is 0 Å². The minimum absolute atomic E-state index is 0.134. The molecule has 1 aromatic carbocycles. The summed E-state index contributed by atoms with van der Waals surface area (Å²) in [5, 5.41) is 2.74. The van der Waals surface area contributed by atoms with Crippen LogP contribution in [0.4, 0.5) is 5.69 Å². The van der Waals surface area contributed by atoms with Crippen LogP contribution in [0.3, 0.4) is 0 Å². The number of methoxy groups -OCH3 is 1. The number of hydrogen-bond donors (Lipinski definition) is 1. The number of benzene rings is 1. The number of nitrogens with one attached hydrogen (secondary N) is 1. The summed E-state index contributed by atoms with van der Waals surface area (Å²) in [6.07, 6.45) is 1.66. The lowest BCUT2D eigenvalue weighted by molar-refractivity contribution is 0.0511. The molecule has 0 unspecified atom stereocenters. The molecular weight excluding hydrogens is 336 g/mol. The Morgan fingerprint density at radius 2 is 1.92 bits per heavy atom. The number of hydrogen-bond acceptors (Lipinski definition) is 5. The van der Waals surface area contributed by atoms with Gasteiger partial charge in [0.1, 0.15) is 11.5 Å². The highest BCUT2D eigenvalue weighted by Crippen LogP contribution is 2.17. The van der Waals surface area contributed by atoms with Crippen molar-refractivity contribution in [2.24, 2.45) is 0 Å². The first-order chi connectivity index (χ1) is 12.7. The van der Waals surface area contributed by atoms with Gasteiger partial charge in [-0.1, -0.05) is 6.07 Å². The van der Waals surface area contributed by atoms with Crippen molar-refractivity contribution in [1.29, 1.82) is 0 Å². The molecule has 2 aromatic heterocycles. The summed E-state index contributed by atoms with van der Waals surface area (Å²) < 4.78 is 17.2. The molecule has 0 aliphatic rings. The van der Waals surface area contributed by atoms with Crippen molar-refractivity contribution in [1.82, 2.24) is 4.57 Å². The summed E-state index contributed by atoms with van der Waals surface area (Å²) in [6, 6.07) is 15.0. The molecule has 7 nitrogen and oxygen atoms in total. The van der Waals surface area contributed by atoms with Crippen LogP contribution in [0.25, 0.3) is 0 Å². The molecule has 0 aliphatic heterocycles. The molecular formula is C19H18N2O5. The highest BCUT2D eigenvalue weighted by atomic mass is 16.7. The van der Waals surface area contributed by atoms with Gasteiger partial charge in [0.2, 0.25) is 0 Å². The first-order valence-electron chi connectivity index (χ1n) is 7.93. The van der Waals surface area contributed by atoms with E-state index in [9.17, 15) is 9.59 Å². The highest BCUT2D eigenvalue weighted by Gasteiger charge is 2.12. The van der Waals surface area contributed by atoms with Crippen LogP contribution in [0.1, 0.15) is 16.3 Å². The number of carbonyl (C=O) groups excluding carboxylic acids is 1. The predicted molar refractivity (Wildman–Crippen MR) is 95.4 cm³/mol. The van der Waals surface area contributed by atoms with Crippen molar-refractivity contribution in [2.75, 3.05) is 19.2 Å². The van der Waals surface area contributed by atoms with Gasteiger partial charge < -0.3 is 23.8 Å². The maximum atomic E-state index is 12.3. The molecule has 7 heteroatoms. The Morgan fingerprint density at radius 3 is 2.65 bits per heavy atom. The molecule has 0 fully saturated rings. The van der Waals surface area contributed by atoms with E-state index in [1.807, 2.05) is 0 Å². The fourth-order valence-electron chi connectivity index (χ4n) is 2.30. The van der Waals surface area contributed by atoms with Gasteiger partial charge in [-0.3, -0.25) is 9.59 Å². The molecule has 0 saturated heterocycles. The third-order valence-electron chi connectivity index (χ3n) is 3.57. The average molecular weight is 354 g/mol. The summed E-state index contributed by atoms with van der Waals surface area (Å²) in [4.78, 5) is 24.0. The van der Waals surface area contributed by atoms with Crippen LogP contribution >= 0.6 is 0 Å². The molecule has 0 spiro atoms.